The fourth-order valence-electron chi connectivity index (χ4n) is 1.40. The topological polar surface area (TPSA) is 42.4 Å². The van der Waals surface area contributed by atoms with E-state index in [2.05, 4.69) is 17.3 Å². The number of esters is 1. The number of carbonyl (C=O) groups is 1. The molecule has 1 aromatic rings. The van der Waals surface area contributed by atoms with Crippen LogP contribution >= 0.6 is 11.3 Å². The molecule has 0 saturated carbocycles. The van der Waals surface area contributed by atoms with E-state index in [1.807, 2.05) is 18.9 Å². The van der Waals surface area contributed by atoms with Gasteiger partial charge in [0.15, 0.2) is 5.13 Å². The summed E-state index contributed by atoms with van der Waals surface area (Å²) in [4.78, 5) is 17.7. The highest BCUT2D eigenvalue weighted by molar-refractivity contribution is 7.13. The second-order valence-corrected chi connectivity index (χ2v) is 4.62. The van der Waals surface area contributed by atoms with Crippen LogP contribution in [0.25, 0.3) is 0 Å². The van der Waals surface area contributed by atoms with Crippen molar-refractivity contribution < 1.29 is 9.53 Å². The van der Waals surface area contributed by atoms with E-state index < -0.39 is 0 Å². The standard InChI is InChI=1S/C11H18N2O2S/c1-5-9-7-16-11(12-9)13(3)6-8(2)10(14)15-4/h7-8H,5-6H2,1-4H3. The first-order chi connectivity index (χ1) is 7.58. The first-order valence-electron chi connectivity index (χ1n) is 5.31. The molecule has 0 amide bonds. The molecule has 90 valence electrons. The van der Waals surface area contributed by atoms with Crippen LogP contribution in [-0.4, -0.2) is 31.7 Å². The van der Waals surface area contributed by atoms with Crippen LogP contribution in [-0.2, 0) is 16.0 Å². The molecular weight excluding hydrogens is 224 g/mol. The van der Waals surface area contributed by atoms with Crippen LogP contribution in [0, 0.1) is 5.92 Å². The predicted octanol–water partition coefficient (Wildman–Crippen LogP) is 1.95. The van der Waals surface area contributed by atoms with Crippen molar-refractivity contribution in [1.29, 1.82) is 0 Å². The van der Waals surface area contributed by atoms with Gasteiger partial charge in [0.1, 0.15) is 0 Å². The van der Waals surface area contributed by atoms with Gasteiger partial charge in [0.25, 0.3) is 0 Å². The van der Waals surface area contributed by atoms with Gasteiger partial charge in [-0.05, 0) is 6.42 Å². The monoisotopic (exact) mass is 242 g/mol. The number of carbonyl (C=O) groups excluding carboxylic acids is 1. The molecule has 0 aliphatic carbocycles. The molecular formula is C11H18N2O2S. The van der Waals surface area contributed by atoms with Gasteiger partial charge in [0, 0.05) is 19.0 Å². The van der Waals surface area contributed by atoms with Gasteiger partial charge in [-0.15, -0.1) is 11.3 Å². The second-order valence-electron chi connectivity index (χ2n) is 3.78. The van der Waals surface area contributed by atoms with E-state index in [0.29, 0.717) is 6.54 Å². The van der Waals surface area contributed by atoms with Crippen molar-refractivity contribution in [2.75, 3.05) is 25.6 Å². The third-order valence-electron chi connectivity index (χ3n) is 2.38. The lowest BCUT2D eigenvalue weighted by molar-refractivity contribution is -0.144. The van der Waals surface area contributed by atoms with Crippen LogP contribution in [0.2, 0.25) is 0 Å². The molecule has 0 bridgehead atoms. The Labute approximate surface area is 100 Å². The Bertz CT molecular complexity index is 352. The molecule has 16 heavy (non-hydrogen) atoms. The van der Waals surface area contributed by atoms with Gasteiger partial charge in [-0.1, -0.05) is 13.8 Å². The number of anilines is 1. The third-order valence-corrected chi connectivity index (χ3v) is 3.38. The van der Waals surface area contributed by atoms with Crippen molar-refractivity contribution >= 4 is 22.4 Å². The van der Waals surface area contributed by atoms with Crippen molar-refractivity contribution in [1.82, 2.24) is 4.98 Å². The number of ether oxygens (including phenoxy) is 1. The summed E-state index contributed by atoms with van der Waals surface area (Å²) in [7, 11) is 3.36. The van der Waals surface area contributed by atoms with E-state index in [1.54, 1.807) is 11.3 Å². The molecule has 0 aliphatic heterocycles. The van der Waals surface area contributed by atoms with Crippen molar-refractivity contribution in [3.63, 3.8) is 0 Å². The minimum absolute atomic E-state index is 0.135. The largest absolute Gasteiger partial charge is 0.469 e. The zero-order chi connectivity index (χ0) is 12.1. The van der Waals surface area contributed by atoms with Gasteiger partial charge < -0.3 is 9.64 Å². The van der Waals surface area contributed by atoms with E-state index in [9.17, 15) is 4.79 Å². The number of aryl methyl sites for hydroxylation is 1. The summed E-state index contributed by atoms with van der Waals surface area (Å²) in [6.07, 6.45) is 0.941. The molecule has 0 aromatic carbocycles. The van der Waals surface area contributed by atoms with Crippen LogP contribution in [0.15, 0.2) is 5.38 Å². The molecule has 0 saturated heterocycles. The van der Waals surface area contributed by atoms with Crippen molar-refractivity contribution in [3.05, 3.63) is 11.1 Å². The lowest BCUT2D eigenvalue weighted by Gasteiger charge is -2.19. The van der Waals surface area contributed by atoms with E-state index >= 15 is 0 Å². The number of hydrogen-bond acceptors (Lipinski definition) is 5. The Morgan fingerprint density at radius 1 is 1.69 bits per heavy atom. The van der Waals surface area contributed by atoms with E-state index in [0.717, 1.165) is 17.2 Å². The highest BCUT2D eigenvalue weighted by Crippen LogP contribution is 2.20. The SMILES string of the molecule is CCc1csc(N(C)CC(C)C(=O)OC)n1. The summed E-state index contributed by atoms with van der Waals surface area (Å²) >= 11 is 1.61. The lowest BCUT2D eigenvalue weighted by Crippen LogP contribution is -2.29. The highest BCUT2D eigenvalue weighted by atomic mass is 32.1. The number of hydrogen-bond donors (Lipinski definition) is 0. The van der Waals surface area contributed by atoms with Gasteiger partial charge >= 0.3 is 5.97 Å². The molecule has 1 aromatic heterocycles. The van der Waals surface area contributed by atoms with Crippen LogP contribution < -0.4 is 4.90 Å². The van der Waals surface area contributed by atoms with Gasteiger partial charge in [-0.2, -0.15) is 0 Å². The zero-order valence-electron chi connectivity index (χ0n) is 10.2. The maximum absolute atomic E-state index is 11.3. The minimum atomic E-state index is -0.181. The Balaban J connectivity index is 2.57. The maximum Gasteiger partial charge on any atom is 0.310 e. The van der Waals surface area contributed by atoms with Crippen molar-refractivity contribution in [2.45, 2.75) is 20.3 Å². The summed E-state index contributed by atoms with van der Waals surface area (Å²) < 4.78 is 4.69. The molecule has 1 atom stereocenters. The fraction of sp³-hybridized carbons (Fsp3) is 0.636. The fourth-order valence-corrected chi connectivity index (χ4v) is 2.28. The Hall–Kier alpha value is -1.10. The molecule has 0 N–H and O–H groups in total. The molecule has 0 spiro atoms. The molecule has 4 nitrogen and oxygen atoms in total. The average Bonchev–Trinajstić information content (AvgIpc) is 2.76. The van der Waals surface area contributed by atoms with Crippen molar-refractivity contribution in [3.8, 4) is 0 Å². The molecule has 0 radical (unpaired) electrons. The number of rotatable bonds is 5. The maximum atomic E-state index is 11.3. The quantitative estimate of drug-likeness (QED) is 0.740. The number of methoxy groups -OCH3 is 1. The predicted molar refractivity (Wildman–Crippen MR) is 65.9 cm³/mol. The van der Waals surface area contributed by atoms with Crippen molar-refractivity contribution in [2.24, 2.45) is 5.92 Å². The van der Waals surface area contributed by atoms with Gasteiger partial charge in [0.2, 0.25) is 0 Å². The van der Waals surface area contributed by atoms with E-state index in [4.69, 9.17) is 4.74 Å². The first kappa shape index (κ1) is 13.0. The molecule has 0 fully saturated rings. The van der Waals surface area contributed by atoms with Crippen LogP contribution in [0.1, 0.15) is 19.5 Å². The van der Waals surface area contributed by atoms with Gasteiger partial charge in [0.05, 0.1) is 18.7 Å². The molecule has 0 aliphatic rings. The second kappa shape index (κ2) is 5.84. The lowest BCUT2D eigenvalue weighted by atomic mass is 10.2. The first-order valence-corrected chi connectivity index (χ1v) is 6.19. The summed E-state index contributed by atoms with van der Waals surface area (Å²) in [6.45, 7) is 4.57. The number of nitrogens with zero attached hydrogens (tertiary/aromatic N) is 2. The summed E-state index contributed by atoms with van der Waals surface area (Å²) in [5.41, 5.74) is 1.09. The molecule has 5 heteroatoms. The summed E-state index contributed by atoms with van der Waals surface area (Å²) in [6, 6.07) is 0. The number of thiazole rings is 1. The van der Waals surface area contributed by atoms with Crippen LogP contribution in [0.4, 0.5) is 5.13 Å². The average molecular weight is 242 g/mol. The minimum Gasteiger partial charge on any atom is -0.469 e. The normalized spacial score (nSPS) is 12.2. The number of aromatic nitrogens is 1. The summed E-state index contributed by atoms with van der Waals surface area (Å²) in [5, 5.41) is 3.00. The Kier molecular flexibility index (Phi) is 4.73. The Morgan fingerprint density at radius 3 is 2.88 bits per heavy atom. The van der Waals surface area contributed by atoms with Crippen LogP contribution in [0.3, 0.4) is 0 Å². The Morgan fingerprint density at radius 2 is 2.38 bits per heavy atom. The third kappa shape index (κ3) is 3.20. The van der Waals surface area contributed by atoms with E-state index in [-0.39, 0.29) is 11.9 Å². The van der Waals surface area contributed by atoms with E-state index in [1.165, 1.54) is 7.11 Å². The smallest absolute Gasteiger partial charge is 0.310 e. The van der Waals surface area contributed by atoms with Gasteiger partial charge in [-0.3, -0.25) is 4.79 Å². The summed E-state index contributed by atoms with van der Waals surface area (Å²) in [5.74, 6) is -0.317. The van der Waals surface area contributed by atoms with Crippen LogP contribution in [0.5, 0.6) is 0 Å². The zero-order valence-corrected chi connectivity index (χ0v) is 11.0. The van der Waals surface area contributed by atoms with Gasteiger partial charge in [-0.25, -0.2) is 4.98 Å². The molecule has 1 heterocycles. The highest BCUT2D eigenvalue weighted by Gasteiger charge is 2.17. The molecule has 1 unspecified atom stereocenters. The molecule has 1 rings (SSSR count).